The van der Waals surface area contributed by atoms with Crippen LogP contribution in [-0.2, 0) is 0 Å². The Labute approximate surface area is 77.2 Å². The molecular formula is C9H10OS2. The molecule has 64 valence electrons. The zero-order chi connectivity index (χ0) is 8.39. The molecule has 0 amide bonds. The summed E-state index contributed by atoms with van der Waals surface area (Å²) in [5, 5.41) is 8.06. The molecule has 3 heteroatoms. The van der Waals surface area contributed by atoms with Crippen molar-refractivity contribution in [2.45, 2.75) is 0 Å². The van der Waals surface area contributed by atoms with Gasteiger partial charge in [-0.3, -0.25) is 4.79 Å². The molecule has 0 aromatic carbocycles. The van der Waals surface area contributed by atoms with Crippen LogP contribution in [0.4, 0.5) is 4.79 Å². The Morgan fingerprint density at radius 3 is 1.42 bits per heavy atom. The van der Waals surface area contributed by atoms with Crippen LogP contribution in [0, 0.1) is 0 Å². The van der Waals surface area contributed by atoms with Gasteiger partial charge >= 0.3 is 0 Å². The molecule has 0 spiro atoms. The lowest BCUT2D eigenvalue weighted by Gasteiger charge is -2.13. The second-order valence-corrected chi connectivity index (χ2v) is 6.45. The molecule has 0 N–H and O–H groups in total. The summed E-state index contributed by atoms with van der Waals surface area (Å²) in [7, 11) is -1.18. The molecule has 12 heavy (non-hydrogen) atoms. The lowest BCUT2D eigenvalue weighted by atomic mass is 10.6. The van der Waals surface area contributed by atoms with Crippen LogP contribution in [0.5, 0.6) is 0 Å². The van der Waals surface area contributed by atoms with Gasteiger partial charge in [0.15, 0.2) is 0 Å². The molecule has 0 radical (unpaired) electrons. The summed E-state index contributed by atoms with van der Waals surface area (Å²) in [5.41, 5.74) is 0. The molecule has 0 saturated carbocycles. The van der Waals surface area contributed by atoms with Crippen LogP contribution in [0.15, 0.2) is 45.9 Å². The summed E-state index contributed by atoms with van der Waals surface area (Å²) < 4.78 is 0.398. The number of carbonyl (C=O) groups is 1. The molecule has 2 rings (SSSR count). The maximum Gasteiger partial charge on any atom is 0.220 e. The molecule has 0 aromatic rings. The molecule has 1 nitrogen and oxygen atoms in total. The lowest BCUT2D eigenvalue weighted by molar-refractivity contribution is 0.276. The van der Waals surface area contributed by atoms with Gasteiger partial charge in [-0.05, 0) is 21.6 Å². The first-order valence-electron chi connectivity index (χ1n) is 3.68. The maximum absolute atomic E-state index is 11.7. The van der Waals surface area contributed by atoms with E-state index in [0.29, 0.717) is 4.45 Å². The van der Waals surface area contributed by atoms with Gasteiger partial charge in [0.25, 0.3) is 0 Å². The van der Waals surface area contributed by atoms with Gasteiger partial charge < -0.3 is 0 Å². The Bertz CT molecular complexity index is 258. The molecule has 0 bridgehead atoms. The van der Waals surface area contributed by atoms with E-state index in [1.165, 1.54) is 0 Å². The van der Waals surface area contributed by atoms with Crippen LogP contribution < -0.4 is 0 Å². The number of hydrogen-bond acceptors (Lipinski definition) is 1. The van der Waals surface area contributed by atoms with E-state index in [4.69, 9.17) is 0 Å². The standard InChI is InChI=1S/C9H10OS2/c10-9(11-5-1-2-6-11)12-7-3-4-8-12/h1-8,11-12H. The zero-order valence-corrected chi connectivity index (χ0v) is 8.21. The normalized spacial score (nSPS) is 24.3. The average Bonchev–Trinajstić information content (AvgIpc) is 2.77. The van der Waals surface area contributed by atoms with E-state index in [1.54, 1.807) is 0 Å². The van der Waals surface area contributed by atoms with Crippen molar-refractivity contribution in [3.63, 3.8) is 0 Å². The predicted octanol–water partition coefficient (Wildman–Crippen LogP) is 3.19. The highest BCUT2D eigenvalue weighted by molar-refractivity contribution is 8.57. The number of rotatable bonds is 0. The Kier molecular flexibility index (Phi) is 2.23. The first-order valence-corrected chi connectivity index (χ1v) is 6.64. The van der Waals surface area contributed by atoms with Gasteiger partial charge in [0.2, 0.25) is 4.45 Å². The lowest BCUT2D eigenvalue weighted by Crippen LogP contribution is -1.87. The maximum atomic E-state index is 11.7. The van der Waals surface area contributed by atoms with Gasteiger partial charge in [-0.15, -0.1) is 21.8 Å². The van der Waals surface area contributed by atoms with E-state index in [0.717, 1.165) is 0 Å². The van der Waals surface area contributed by atoms with Crippen LogP contribution >= 0.6 is 21.8 Å². The second-order valence-electron chi connectivity index (χ2n) is 2.46. The third-order valence-corrected chi connectivity index (χ3v) is 5.89. The Morgan fingerprint density at radius 1 is 0.750 bits per heavy atom. The fraction of sp³-hybridized carbons (Fsp3) is 0. The highest BCUT2D eigenvalue weighted by Gasteiger charge is 2.15. The average molecular weight is 198 g/mol. The van der Waals surface area contributed by atoms with E-state index >= 15 is 0 Å². The van der Waals surface area contributed by atoms with Crippen LogP contribution in [0.2, 0.25) is 0 Å². The first-order chi connectivity index (χ1) is 5.88. The highest BCUT2D eigenvalue weighted by Crippen LogP contribution is 2.48. The number of thiol groups is 2. The van der Waals surface area contributed by atoms with Crippen molar-refractivity contribution in [2.24, 2.45) is 0 Å². The molecule has 0 fully saturated rings. The van der Waals surface area contributed by atoms with Crippen LogP contribution in [0.25, 0.3) is 0 Å². The third kappa shape index (κ3) is 1.42. The minimum Gasteiger partial charge on any atom is -0.277 e. The van der Waals surface area contributed by atoms with E-state index in [2.05, 4.69) is 0 Å². The van der Waals surface area contributed by atoms with Crippen molar-refractivity contribution in [3.05, 3.63) is 45.9 Å². The summed E-state index contributed by atoms with van der Waals surface area (Å²) in [6.07, 6.45) is 7.84. The van der Waals surface area contributed by atoms with E-state index in [9.17, 15) is 4.79 Å². The monoisotopic (exact) mass is 198 g/mol. The van der Waals surface area contributed by atoms with Crippen molar-refractivity contribution in [1.82, 2.24) is 0 Å². The molecule has 2 aliphatic rings. The minimum absolute atomic E-state index is 0.398. The summed E-state index contributed by atoms with van der Waals surface area (Å²) in [6.45, 7) is 0. The van der Waals surface area contributed by atoms with Crippen molar-refractivity contribution in [2.75, 3.05) is 0 Å². The summed E-state index contributed by atoms with van der Waals surface area (Å²) in [5.74, 6) is 0. The van der Waals surface area contributed by atoms with Crippen molar-refractivity contribution in [3.8, 4) is 0 Å². The summed E-state index contributed by atoms with van der Waals surface area (Å²) >= 11 is 0. The molecule has 0 unspecified atom stereocenters. The van der Waals surface area contributed by atoms with Gasteiger partial charge in [0.05, 0.1) is 0 Å². The Balaban J connectivity index is 2.09. The molecule has 0 aliphatic carbocycles. The van der Waals surface area contributed by atoms with Gasteiger partial charge in [0.1, 0.15) is 0 Å². The van der Waals surface area contributed by atoms with Gasteiger partial charge in [0, 0.05) is 0 Å². The summed E-state index contributed by atoms with van der Waals surface area (Å²) in [4.78, 5) is 11.7. The van der Waals surface area contributed by atoms with E-state index in [-0.39, 0.29) is 0 Å². The zero-order valence-electron chi connectivity index (χ0n) is 6.42. The fourth-order valence-corrected chi connectivity index (χ4v) is 4.77. The largest absolute Gasteiger partial charge is 0.277 e. The number of carbonyl (C=O) groups excluding carboxylic acids is 1. The second kappa shape index (κ2) is 3.37. The van der Waals surface area contributed by atoms with Crippen molar-refractivity contribution in [1.29, 1.82) is 0 Å². The number of hydrogen-bond donors (Lipinski definition) is 2. The first kappa shape index (κ1) is 7.95. The van der Waals surface area contributed by atoms with Crippen LogP contribution in [0.1, 0.15) is 0 Å². The highest BCUT2D eigenvalue weighted by atomic mass is 32.3. The smallest absolute Gasteiger partial charge is 0.220 e. The predicted molar refractivity (Wildman–Crippen MR) is 59.9 cm³/mol. The SMILES string of the molecule is O=C([SH]1C=CC=C1)[SH]1C=CC=C1. The van der Waals surface area contributed by atoms with Gasteiger partial charge in [-0.2, -0.15) is 0 Å². The van der Waals surface area contributed by atoms with Gasteiger partial charge in [-0.25, -0.2) is 0 Å². The van der Waals surface area contributed by atoms with Crippen LogP contribution in [0.3, 0.4) is 0 Å². The quantitative estimate of drug-likeness (QED) is 0.572. The van der Waals surface area contributed by atoms with Crippen molar-refractivity contribution >= 4 is 26.2 Å². The molecular weight excluding hydrogens is 188 g/mol. The van der Waals surface area contributed by atoms with E-state index in [1.807, 2.05) is 45.9 Å². The van der Waals surface area contributed by atoms with Crippen LogP contribution in [-0.4, -0.2) is 4.45 Å². The molecule has 2 heterocycles. The fourth-order valence-electron chi connectivity index (χ4n) is 1.06. The molecule has 0 atom stereocenters. The summed E-state index contributed by atoms with van der Waals surface area (Å²) in [6, 6.07) is 0. The Morgan fingerprint density at radius 2 is 1.08 bits per heavy atom. The third-order valence-electron chi connectivity index (χ3n) is 1.65. The Hall–Kier alpha value is -0.670. The van der Waals surface area contributed by atoms with Gasteiger partial charge in [-0.1, -0.05) is 24.3 Å². The minimum atomic E-state index is -0.591. The number of allylic oxidation sites excluding steroid dienone is 4. The van der Waals surface area contributed by atoms with E-state index < -0.39 is 21.8 Å². The molecule has 2 aliphatic heterocycles. The molecule has 0 aromatic heterocycles. The topological polar surface area (TPSA) is 17.1 Å². The molecule has 0 saturated heterocycles. The van der Waals surface area contributed by atoms with Crippen molar-refractivity contribution < 1.29 is 4.79 Å².